The van der Waals surface area contributed by atoms with Crippen molar-refractivity contribution < 1.29 is 4.79 Å². The van der Waals surface area contributed by atoms with Crippen molar-refractivity contribution in [3.63, 3.8) is 0 Å². The lowest BCUT2D eigenvalue weighted by Gasteiger charge is -2.36. The molecular formula is C17H25ClN2O. The summed E-state index contributed by atoms with van der Waals surface area (Å²) in [5, 5.41) is 0. The van der Waals surface area contributed by atoms with E-state index in [1.54, 1.807) is 0 Å². The number of carbonyl (C=O) groups excluding carboxylic acids is 1. The average Bonchev–Trinajstić information content (AvgIpc) is 2.91. The predicted molar refractivity (Wildman–Crippen MR) is 89.1 cm³/mol. The molecule has 2 atom stereocenters. The lowest BCUT2D eigenvalue weighted by atomic mass is 10.1. The maximum absolute atomic E-state index is 12.6. The molecule has 4 heteroatoms. The van der Waals surface area contributed by atoms with Gasteiger partial charge in [0, 0.05) is 24.0 Å². The molecule has 0 aliphatic heterocycles. The zero-order valence-electron chi connectivity index (χ0n) is 13.2. The normalized spacial score (nSPS) is 21.8. The number of likely N-dealkylation sites (N-methyl/N-ethyl adjacent to an activating group) is 1. The summed E-state index contributed by atoms with van der Waals surface area (Å²) in [5.41, 5.74) is 2.20. The van der Waals surface area contributed by atoms with Crippen LogP contribution in [0.1, 0.15) is 31.2 Å². The zero-order chi connectivity index (χ0) is 15.4. The second-order valence-electron chi connectivity index (χ2n) is 6.07. The van der Waals surface area contributed by atoms with Gasteiger partial charge >= 0.3 is 0 Å². The first kappa shape index (κ1) is 16.3. The standard InChI is InChI=1S/C17H25ClN2O/c1-13-7-9-14(10-8-13)20(17(21)11-12-18)16-6-4-5-15(16)19(2)3/h7-10,15-16H,4-6,11-12H2,1-3H3. The maximum atomic E-state index is 12.6. The Balaban J connectivity index is 2.31. The molecule has 0 radical (unpaired) electrons. The third-order valence-corrected chi connectivity index (χ3v) is 4.52. The van der Waals surface area contributed by atoms with Crippen LogP contribution in [0.5, 0.6) is 0 Å². The summed E-state index contributed by atoms with van der Waals surface area (Å²) >= 11 is 5.80. The first-order chi connectivity index (χ1) is 10.0. The summed E-state index contributed by atoms with van der Waals surface area (Å²) < 4.78 is 0. The fourth-order valence-electron chi connectivity index (χ4n) is 3.25. The van der Waals surface area contributed by atoms with Crippen LogP contribution in [-0.2, 0) is 4.79 Å². The van der Waals surface area contributed by atoms with Gasteiger partial charge in [-0.2, -0.15) is 0 Å². The number of benzene rings is 1. The van der Waals surface area contributed by atoms with E-state index in [1.807, 2.05) is 17.0 Å². The Morgan fingerprint density at radius 2 is 1.81 bits per heavy atom. The van der Waals surface area contributed by atoms with Crippen molar-refractivity contribution >= 4 is 23.2 Å². The van der Waals surface area contributed by atoms with E-state index in [0.29, 0.717) is 18.3 Å². The topological polar surface area (TPSA) is 23.6 Å². The molecular weight excluding hydrogens is 284 g/mol. The number of halogens is 1. The van der Waals surface area contributed by atoms with Crippen LogP contribution in [0.15, 0.2) is 24.3 Å². The van der Waals surface area contributed by atoms with E-state index in [2.05, 4.69) is 38.1 Å². The Kier molecular flexibility index (Phi) is 5.65. The zero-order valence-corrected chi connectivity index (χ0v) is 13.9. The lowest BCUT2D eigenvalue weighted by Crippen LogP contribution is -2.49. The summed E-state index contributed by atoms with van der Waals surface area (Å²) in [7, 11) is 4.20. The Bertz CT molecular complexity index is 472. The van der Waals surface area contributed by atoms with Crippen molar-refractivity contribution in [2.75, 3.05) is 24.9 Å². The number of aryl methyl sites for hydroxylation is 1. The van der Waals surface area contributed by atoms with Gasteiger partial charge in [0.2, 0.25) is 5.91 Å². The van der Waals surface area contributed by atoms with Gasteiger partial charge in [0.1, 0.15) is 0 Å². The smallest absolute Gasteiger partial charge is 0.228 e. The average molecular weight is 309 g/mol. The van der Waals surface area contributed by atoms with Crippen molar-refractivity contribution in [3.05, 3.63) is 29.8 Å². The first-order valence-corrected chi connectivity index (χ1v) is 8.19. The number of amides is 1. The van der Waals surface area contributed by atoms with E-state index in [9.17, 15) is 4.79 Å². The molecule has 1 amide bonds. The highest BCUT2D eigenvalue weighted by Gasteiger charge is 2.36. The molecule has 0 spiro atoms. The number of anilines is 1. The van der Waals surface area contributed by atoms with E-state index in [1.165, 1.54) is 12.0 Å². The van der Waals surface area contributed by atoms with Crippen LogP contribution < -0.4 is 4.90 Å². The molecule has 1 aromatic rings. The summed E-state index contributed by atoms with van der Waals surface area (Å²) in [4.78, 5) is 16.8. The van der Waals surface area contributed by atoms with Gasteiger partial charge in [-0.05, 0) is 52.4 Å². The van der Waals surface area contributed by atoms with Gasteiger partial charge in [0.25, 0.3) is 0 Å². The van der Waals surface area contributed by atoms with Crippen molar-refractivity contribution in [2.45, 2.75) is 44.7 Å². The van der Waals surface area contributed by atoms with Crippen molar-refractivity contribution in [2.24, 2.45) is 0 Å². The number of carbonyl (C=O) groups is 1. The van der Waals surface area contributed by atoms with Gasteiger partial charge in [-0.25, -0.2) is 0 Å². The molecule has 1 aliphatic carbocycles. The third kappa shape index (κ3) is 3.78. The molecule has 1 aromatic carbocycles. The summed E-state index contributed by atoms with van der Waals surface area (Å²) in [6.45, 7) is 2.06. The van der Waals surface area contributed by atoms with Crippen LogP contribution in [0.3, 0.4) is 0 Å². The van der Waals surface area contributed by atoms with Crippen molar-refractivity contribution in [1.29, 1.82) is 0 Å². The maximum Gasteiger partial charge on any atom is 0.228 e. The number of rotatable bonds is 5. The Hall–Kier alpha value is -1.06. The number of alkyl halides is 1. The van der Waals surface area contributed by atoms with E-state index in [4.69, 9.17) is 11.6 Å². The quantitative estimate of drug-likeness (QED) is 0.778. The van der Waals surface area contributed by atoms with E-state index in [0.717, 1.165) is 18.5 Å². The van der Waals surface area contributed by atoms with Crippen LogP contribution in [-0.4, -0.2) is 42.9 Å². The molecule has 0 bridgehead atoms. The summed E-state index contributed by atoms with van der Waals surface area (Å²) in [6, 6.07) is 8.90. The third-order valence-electron chi connectivity index (χ3n) is 4.33. The van der Waals surface area contributed by atoms with Gasteiger partial charge in [-0.3, -0.25) is 4.79 Å². The Labute approximate surface area is 132 Å². The van der Waals surface area contributed by atoms with Gasteiger partial charge < -0.3 is 9.80 Å². The molecule has 116 valence electrons. The van der Waals surface area contributed by atoms with Crippen LogP contribution in [0, 0.1) is 6.92 Å². The molecule has 0 aromatic heterocycles. The lowest BCUT2D eigenvalue weighted by molar-refractivity contribution is -0.118. The first-order valence-electron chi connectivity index (χ1n) is 7.65. The molecule has 1 aliphatic rings. The summed E-state index contributed by atoms with van der Waals surface area (Å²) in [5.74, 6) is 0.508. The number of hydrogen-bond donors (Lipinski definition) is 0. The highest BCUT2D eigenvalue weighted by Crippen LogP contribution is 2.31. The number of nitrogens with zero attached hydrogens (tertiary/aromatic N) is 2. The largest absolute Gasteiger partial charge is 0.308 e. The SMILES string of the molecule is Cc1ccc(N(C(=O)CCCl)C2CCCC2N(C)C)cc1. The van der Waals surface area contributed by atoms with Crippen LogP contribution in [0.4, 0.5) is 5.69 Å². The van der Waals surface area contributed by atoms with E-state index >= 15 is 0 Å². The van der Waals surface area contributed by atoms with Crippen molar-refractivity contribution in [1.82, 2.24) is 4.90 Å². The monoisotopic (exact) mass is 308 g/mol. The molecule has 2 rings (SSSR count). The minimum atomic E-state index is 0.132. The second-order valence-corrected chi connectivity index (χ2v) is 6.45. The van der Waals surface area contributed by atoms with Crippen LogP contribution in [0.2, 0.25) is 0 Å². The molecule has 2 unspecified atom stereocenters. The van der Waals surface area contributed by atoms with Gasteiger partial charge in [0.15, 0.2) is 0 Å². The Morgan fingerprint density at radius 1 is 1.19 bits per heavy atom. The van der Waals surface area contributed by atoms with Crippen LogP contribution in [0.25, 0.3) is 0 Å². The fourth-order valence-corrected chi connectivity index (χ4v) is 3.41. The van der Waals surface area contributed by atoms with Gasteiger partial charge in [0.05, 0.1) is 6.04 Å². The Morgan fingerprint density at radius 3 is 2.38 bits per heavy atom. The molecule has 3 nitrogen and oxygen atoms in total. The summed E-state index contributed by atoms with van der Waals surface area (Å²) in [6.07, 6.45) is 3.77. The fraction of sp³-hybridized carbons (Fsp3) is 0.588. The van der Waals surface area contributed by atoms with E-state index < -0.39 is 0 Å². The minimum absolute atomic E-state index is 0.132. The molecule has 0 heterocycles. The second kappa shape index (κ2) is 7.28. The number of hydrogen-bond acceptors (Lipinski definition) is 2. The van der Waals surface area contributed by atoms with Gasteiger partial charge in [-0.1, -0.05) is 17.7 Å². The van der Waals surface area contributed by atoms with E-state index in [-0.39, 0.29) is 11.9 Å². The molecule has 1 saturated carbocycles. The highest BCUT2D eigenvalue weighted by atomic mass is 35.5. The molecule has 21 heavy (non-hydrogen) atoms. The highest BCUT2D eigenvalue weighted by molar-refractivity contribution is 6.19. The molecule has 0 N–H and O–H groups in total. The van der Waals surface area contributed by atoms with Crippen molar-refractivity contribution in [3.8, 4) is 0 Å². The molecule has 1 fully saturated rings. The van der Waals surface area contributed by atoms with Crippen LogP contribution >= 0.6 is 11.6 Å². The molecule has 0 saturated heterocycles. The minimum Gasteiger partial charge on any atom is -0.308 e. The predicted octanol–water partition coefficient (Wildman–Crippen LogP) is 3.44. The van der Waals surface area contributed by atoms with Gasteiger partial charge in [-0.15, -0.1) is 11.6 Å².